The van der Waals surface area contributed by atoms with Gasteiger partial charge in [0.2, 0.25) is 11.1 Å². The summed E-state index contributed by atoms with van der Waals surface area (Å²) in [5.41, 5.74) is 6.44. The molecule has 0 aliphatic carbocycles. The van der Waals surface area contributed by atoms with E-state index in [0.29, 0.717) is 29.0 Å². The van der Waals surface area contributed by atoms with Gasteiger partial charge in [-0.25, -0.2) is 4.68 Å². The Morgan fingerprint density at radius 1 is 1.02 bits per heavy atom. The van der Waals surface area contributed by atoms with Crippen LogP contribution in [0.25, 0.3) is 0 Å². The molecule has 0 spiro atoms. The lowest BCUT2D eigenvalue weighted by atomic mass is 9.87. The van der Waals surface area contributed by atoms with Gasteiger partial charge in [-0.3, -0.25) is 4.79 Å². The van der Waals surface area contributed by atoms with E-state index in [0.717, 1.165) is 40.2 Å². The molecule has 1 aliphatic heterocycles. The molecule has 0 bridgehead atoms. The van der Waals surface area contributed by atoms with E-state index in [1.54, 1.807) is 11.8 Å². The van der Waals surface area contributed by atoms with Crippen molar-refractivity contribution in [2.75, 3.05) is 16.4 Å². The number of anilines is 2. The van der Waals surface area contributed by atoms with E-state index in [1.807, 2.05) is 67.1 Å². The largest absolute Gasteiger partial charge is 0.489 e. The predicted octanol–water partition coefficient (Wildman–Crippen LogP) is 7.89. The minimum atomic E-state index is -0.533. The van der Waals surface area contributed by atoms with Crippen LogP contribution in [0.1, 0.15) is 69.3 Å². The Morgan fingerprint density at radius 3 is 2.43 bits per heavy atom. The molecule has 2 heterocycles. The third-order valence-corrected chi connectivity index (χ3v) is 8.29. The average Bonchev–Trinajstić information content (AvgIpc) is 3.37. The van der Waals surface area contributed by atoms with Crippen LogP contribution in [0.3, 0.4) is 0 Å². The molecule has 5 rings (SSSR count). The smallest absolute Gasteiger partial charge is 0.255 e. The summed E-state index contributed by atoms with van der Waals surface area (Å²) in [5.74, 6) is 2.01. The van der Waals surface area contributed by atoms with Crippen LogP contribution < -0.4 is 15.4 Å². The number of nitrogens with zero attached hydrogens (tertiary/aromatic N) is 3. The number of carbonyl (C=O) groups excluding carboxylic acids is 1. The average molecular weight is 582 g/mol. The second-order valence-electron chi connectivity index (χ2n) is 11.7. The molecule has 1 amide bonds. The Morgan fingerprint density at radius 2 is 1.74 bits per heavy atom. The van der Waals surface area contributed by atoms with Crippen LogP contribution in [0.5, 0.6) is 5.75 Å². The molecule has 2 N–H and O–H groups in total. The first-order valence-corrected chi connectivity index (χ1v) is 15.4. The SMILES string of the molecule is CCCSc1nc2n(n1)C(c1ccccc1OCc1ccc(C(C)(C)C)cc1)C(C(=O)Nc1ccc(C)cc1)=C(C)N2. The Balaban J connectivity index is 1.50. The summed E-state index contributed by atoms with van der Waals surface area (Å²) in [7, 11) is 0. The van der Waals surface area contributed by atoms with E-state index in [4.69, 9.17) is 14.8 Å². The number of ether oxygens (including phenoxy) is 1. The van der Waals surface area contributed by atoms with Crippen molar-refractivity contribution in [3.8, 4) is 5.75 Å². The summed E-state index contributed by atoms with van der Waals surface area (Å²) in [4.78, 5) is 18.7. The van der Waals surface area contributed by atoms with Crippen LogP contribution in [-0.4, -0.2) is 26.4 Å². The van der Waals surface area contributed by atoms with Crippen molar-refractivity contribution in [2.45, 2.75) is 71.2 Å². The highest BCUT2D eigenvalue weighted by Gasteiger charge is 2.36. The minimum Gasteiger partial charge on any atom is -0.489 e. The number of fused-ring (bicyclic) bond motifs is 1. The van der Waals surface area contributed by atoms with Gasteiger partial charge in [0, 0.05) is 22.7 Å². The molecule has 8 heteroatoms. The van der Waals surface area contributed by atoms with Crippen molar-refractivity contribution in [1.82, 2.24) is 14.8 Å². The zero-order valence-corrected chi connectivity index (χ0v) is 26.0. The van der Waals surface area contributed by atoms with Crippen molar-refractivity contribution in [3.05, 3.63) is 106 Å². The van der Waals surface area contributed by atoms with E-state index in [2.05, 4.69) is 62.6 Å². The number of amides is 1. The van der Waals surface area contributed by atoms with Gasteiger partial charge in [-0.15, -0.1) is 5.10 Å². The quantitative estimate of drug-likeness (QED) is 0.196. The van der Waals surface area contributed by atoms with Crippen LogP contribution in [0.15, 0.2) is 89.2 Å². The Labute approximate surface area is 252 Å². The van der Waals surface area contributed by atoms with Crippen molar-refractivity contribution < 1.29 is 9.53 Å². The van der Waals surface area contributed by atoms with E-state index < -0.39 is 6.04 Å². The number of allylic oxidation sites excluding steroid dienone is 1. The van der Waals surface area contributed by atoms with Crippen LogP contribution in [0, 0.1) is 6.92 Å². The van der Waals surface area contributed by atoms with Gasteiger partial charge in [0.25, 0.3) is 5.91 Å². The number of benzene rings is 3. The molecule has 4 aromatic rings. The van der Waals surface area contributed by atoms with Crippen molar-refractivity contribution >= 4 is 29.3 Å². The zero-order chi connectivity index (χ0) is 29.9. The van der Waals surface area contributed by atoms with Gasteiger partial charge in [0.05, 0.1) is 5.57 Å². The molecule has 1 atom stereocenters. The van der Waals surface area contributed by atoms with Crippen molar-refractivity contribution in [1.29, 1.82) is 0 Å². The Hall–Kier alpha value is -4.04. The van der Waals surface area contributed by atoms with Crippen LogP contribution >= 0.6 is 11.8 Å². The topological polar surface area (TPSA) is 81.1 Å². The molecule has 218 valence electrons. The maximum atomic E-state index is 13.9. The third kappa shape index (κ3) is 6.54. The molecule has 1 aromatic heterocycles. The number of thioether (sulfide) groups is 1. The molecule has 7 nitrogen and oxygen atoms in total. The number of hydrogen-bond acceptors (Lipinski definition) is 6. The van der Waals surface area contributed by atoms with E-state index in [1.165, 1.54) is 5.56 Å². The number of aryl methyl sites for hydroxylation is 1. The fraction of sp³-hybridized carbons (Fsp3) is 0.324. The van der Waals surface area contributed by atoms with Gasteiger partial charge < -0.3 is 15.4 Å². The maximum absolute atomic E-state index is 13.9. The van der Waals surface area contributed by atoms with Gasteiger partial charge in [0.15, 0.2) is 0 Å². The lowest BCUT2D eigenvalue weighted by molar-refractivity contribution is -0.113. The second-order valence-corrected chi connectivity index (χ2v) is 12.7. The predicted molar refractivity (Wildman–Crippen MR) is 171 cm³/mol. The lowest BCUT2D eigenvalue weighted by Gasteiger charge is -2.29. The third-order valence-electron chi connectivity index (χ3n) is 7.25. The standard InChI is InChI=1S/C34H39N5O2S/c1-7-20-42-33-37-32-35-23(3)29(31(40)36-26-18-12-22(2)13-19-26)30(39(32)38-33)27-10-8-9-11-28(27)41-21-24-14-16-25(17-15-24)34(4,5)6/h8-19,30H,7,20-21H2,1-6H3,(H,36,40)(H,35,37,38). The number of hydrogen-bond donors (Lipinski definition) is 2. The normalized spacial score (nSPS) is 14.8. The minimum absolute atomic E-state index is 0.0878. The first-order chi connectivity index (χ1) is 20.1. The number of aromatic nitrogens is 3. The summed E-state index contributed by atoms with van der Waals surface area (Å²) >= 11 is 1.61. The van der Waals surface area contributed by atoms with E-state index >= 15 is 0 Å². The fourth-order valence-corrected chi connectivity index (χ4v) is 5.59. The Kier molecular flexibility index (Phi) is 8.73. The van der Waals surface area contributed by atoms with Gasteiger partial charge in [-0.2, -0.15) is 4.98 Å². The first-order valence-electron chi connectivity index (χ1n) is 14.4. The molecule has 0 fully saturated rings. The summed E-state index contributed by atoms with van der Waals surface area (Å²) in [6.07, 6.45) is 1.01. The molecule has 0 saturated heterocycles. The van der Waals surface area contributed by atoms with Gasteiger partial charge in [0.1, 0.15) is 18.4 Å². The highest BCUT2D eigenvalue weighted by molar-refractivity contribution is 7.99. The Bertz CT molecular complexity index is 1580. The van der Waals surface area contributed by atoms with E-state index in [9.17, 15) is 4.79 Å². The van der Waals surface area contributed by atoms with E-state index in [-0.39, 0.29) is 11.3 Å². The maximum Gasteiger partial charge on any atom is 0.255 e. The molecule has 1 aliphatic rings. The van der Waals surface area contributed by atoms with Crippen LogP contribution in [0.2, 0.25) is 0 Å². The summed E-state index contributed by atoms with van der Waals surface area (Å²) in [6.45, 7) is 13.1. The molecular formula is C34H39N5O2S. The van der Waals surface area contributed by atoms with Crippen LogP contribution in [-0.2, 0) is 16.8 Å². The number of carbonyl (C=O) groups is 1. The molecule has 42 heavy (non-hydrogen) atoms. The summed E-state index contributed by atoms with van der Waals surface area (Å²) in [5, 5.41) is 12.0. The number of nitrogens with one attached hydrogen (secondary N) is 2. The molecule has 3 aromatic carbocycles. The first kappa shape index (κ1) is 29.5. The zero-order valence-electron chi connectivity index (χ0n) is 25.2. The highest BCUT2D eigenvalue weighted by Crippen LogP contribution is 2.40. The molecule has 0 radical (unpaired) electrons. The number of para-hydroxylation sites is 1. The van der Waals surface area contributed by atoms with Gasteiger partial charge >= 0.3 is 0 Å². The highest BCUT2D eigenvalue weighted by atomic mass is 32.2. The fourth-order valence-electron chi connectivity index (χ4n) is 4.90. The second kappa shape index (κ2) is 12.4. The van der Waals surface area contributed by atoms with Crippen LogP contribution in [0.4, 0.5) is 11.6 Å². The molecule has 1 unspecified atom stereocenters. The van der Waals surface area contributed by atoms with Crippen molar-refractivity contribution in [2.24, 2.45) is 0 Å². The van der Waals surface area contributed by atoms with Gasteiger partial charge in [-0.1, -0.05) is 99.6 Å². The molecular weight excluding hydrogens is 542 g/mol. The number of rotatable bonds is 9. The van der Waals surface area contributed by atoms with Gasteiger partial charge in [-0.05, 0) is 55.0 Å². The lowest BCUT2D eigenvalue weighted by Crippen LogP contribution is -2.31. The summed E-state index contributed by atoms with van der Waals surface area (Å²) < 4.78 is 8.26. The van der Waals surface area contributed by atoms with Crippen molar-refractivity contribution in [3.63, 3.8) is 0 Å². The monoisotopic (exact) mass is 581 g/mol. The molecule has 0 saturated carbocycles. The summed E-state index contributed by atoms with van der Waals surface area (Å²) in [6, 6.07) is 23.7.